The summed E-state index contributed by atoms with van der Waals surface area (Å²) in [6.45, 7) is 7.42. The van der Waals surface area contributed by atoms with Crippen LogP contribution in [-0.2, 0) is 6.54 Å². The summed E-state index contributed by atoms with van der Waals surface area (Å²) in [5.74, 6) is 2.71. The Morgan fingerprint density at radius 2 is 2.21 bits per heavy atom. The molecule has 2 N–H and O–H groups in total. The molecule has 0 aliphatic carbocycles. The van der Waals surface area contributed by atoms with E-state index in [1.54, 1.807) is 0 Å². The molecular formula is C15H24BrN3. The van der Waals surface area contributed by atoms with Crippen molar-refractivity contribution in [1.82, 2.24) is 4.98 Å². The second kappa shape index (κ2) is 6.71. The van der Waals surface area contributed by atoms with E-state index < -0.39 is 0 Å². The van der Waals surface area contributed by atoms with Gasteiger partial charge in [-0.2, -0.15) is 0 Å². The molecule has 0 aromatic carbocycles. The van der Waals surface area contributed by atoms with E-state index in [-0.39, 0.29) is 0 Å². The molecule has 1 unspecified atom stereocenters. The maximum absolute atomic E-state index is 5.85. The number of aromatic nitrogens is 1. The quantitative estimate of drug-likeness (QED) is 0.923. The summed E-state index contributed by atoms with van der Waals surface area (Å²) in [6, 6.07) is 2.09. The third kappa shape index (κ3) is 3.69. The van der Waals surface area contributed by atoms with E-state index >= 15 is 0 Å². The maximum atomic E-state index is 5.85. The first-order valence-electron chi connectivity index (χ1n) is 7.21. The fourth-order valence-corrected chi connectivity index (χ4v) is 3.29. The van der Waals surface area contributed by atoms with Crippen LogP contribution in [0.1, 0.15) is 38.7 Å². The Kier molecular flexibility index (Phi) is 5.22. The van der Waals surface area contributed by atoms with Crippen molar-refractivity contribution in [2.24, 2.45) is 17.6 Å². The van der Waals surface area contributed by atoms with Crippen LogP contribution in [0.15, 0.2) is 16.7 Å². The number of nitrogens with zero attached hydrogens (tertiary/aromatic N) is 2. The van der Waals surface area contributed by atoms with Crippen LogP contribution in [0.4, 0.5) is 5.82 Å². The van der Waals surface area contributed by atoms with Crippen molar-refractivity contribution < 1.29 is 0 Å². The predicted octanol–water partition coefficient (Wildman–Crippen LogP) is 3.57. The van der Waals surface area contributed by atoms with E-state index in [1.807, 2.05) is 6.20 Å². The molecule has 0 amide bonds. The first-order chi connectivity index (χ1) is 9.11. The summed E-state index contributed by atoms with van der Waals surface area (Å²) in [5, 5.41) is 0. The van der Waals surface area contributed by atoms with Crippen molar-refractivity contribution in [3.63, 3.8) is 0 Å². The zero-order valence-corrected chi connectivity index (χ0v) is 13.5. The van der Waals surface area contributed by atoms with Crippen LogP contribution in [0.25, 0.3) is 0 Å². The van der Waals surface area contributed by atoms with Gasteiger partial charge in [0.15, 0.2) is 0 Å². The lowest BCUT2D eigenvalue weighted by molar-refractivity contribution is 0.351. The van der Waals surface area contributed by atoms with Gasteiger partial charge in [0.2, 0.25) is 0 Å². The molecule has 1 aromatic heterocycles. The molecule has 2 heterocycles. The van der Waals surface area contributed by atoms with Gasteiger partial charge in [-0.15, -0.1) is 0 Å². The van der Waals surface area contributed by atoms with Crippen molar-refractivity contribution in [2.45, 2.75) is 39.7 Å². The minimum Gasteiger partial charge on any atom is -0.356 e. The SMILES string of the molecule is CC(C)C1CCCN(c2ncc(Br)cc2CN)CC1. The second-order valence-electron chi connectivity index (χ2n) is 5.76. The summed E-state index contributed by atoms with van der Waals surface area (Å²) in [5.41, 5.74) is 6.99. The monoisotopic (exact) mass is 325 g/mol. The van der Waals surface area contributed by atoms with Gasteiger partial charge in [0.05, 0.1) is 0 Å². The Balaban J connectivity index is 2.14. The highest BCUT2D eigenvalue weighted by molar-refractivity contribution is 9.10. The lowest BCUT2D eigenvalue weighted by Gasteiger charge is -2.24. The average Bonchev–Trinajstić information content (AvgIpc) is 2.64. The number of hydrogen-bond acceptors (Lipinski definition) is 3. The molecule has 106 valence electrons. The molecule has 0 bridgehead atoms. The van der Waals surface area contributed by atoms with Gasteiger partial charge in [-0.3, -0.25) is 0 Å². The van der Waals surface area contributed by atoms with Crippen LogP contribution in [0.5, 0.6) is 0 Å². The van der Waals surface area contributed by atoms with Gasteiger partial charge >= 0.3 is 0 Å². The smallest absolute Gasteiger partial charge is 0.133 e. The first-order valence-corrected chi connectivity index (χ1v) is 8.00. The fourth-order valence-electron chi connectivity index (χ4n) is 2.91. The van der Waals surface area contributed by atoms with Crippen molar-refractivity contribution >= 4 is 21.7 Å². The van der Waals surface area contributed by atoms with Crippen LogP contribution in [0.3, 0.4) is 0 Å². The average molecular weight is 326 g/mol. The number of anilines is 1. The van der Waals surface area contributed by atoms with Gasteiger partial charge < -0.3 is 10.6 Å². The van der Waals surface area contributed by atoms with Crippen molar-refractivity contribution in [1.29, 1.82) is 0 Å². The summed E-state index contributed by atoms with van der Waals surface area (Å²) in [6.07, 6.45) is 5.73. The number of pyridine rings is 1. The molecule has 0 saturated carbocycles. The predicted molar refractivity (Wildman–Crippen MR) is 84.2 cm³/mol. The highest BCUT2D eigenvalue weighted by Gasteiger charge is 2.21. The number of rotatable bonds is 3. The Morgan fingerprint density at radius 3 is 2.89 bits per heavy atom. The fraction of sp³-hybridized carbons (Fsp3) is 0.667. The molecule has 1 aliphatic heterocycles. The third-order valence-corrected chi connectivity index (χ3v) is 4.58. The van der Waals surface area contributed by atoms with Gasteiger partial charge in [-0.05, 0) is 53.1 Å². The van der Waals surface area contributed by atoms with Gasteiger partial charge in [-0.1, -0.05) is 13.8 Å². The summed E-state index contributed by atoms with van der Waals surface area (Å²) >= 11 is 3.47. The molecule has 3 nitrogen and oxygen atoms in total. The van der Waals surface area contributed by atoms with E-state index in [0.717, 1.165) is 40.8 Å². The van der Waals surface area contributed by atoms with E-state index in [2.05, 4.69) is 45.7 Å². The Labute approximate surface area is 124 Å². The highest BCUT2D eigenvalue weighted by atomic mass is 79.9. The van der Waals surface area contributed by atoms with E-state index in [4.69, 9.17) is 5.73 Å². The number of halogens is 1. The molecular weight excluding hydrogens is 302 g/mol. The van der Waals surface area contributed by atoms with Crippen molar-refractivity contribution in [3.8, 4) is 0 Å². The van der Waals surface area contributed by atoms with Gasteiger partial charge in [0.25, 0.3) is 0 Å². The zero-order chi connectivity index (χ0) is 13.8. The molecule has 0 radical (unpaired) electrons. The first kappa shape index (κ1) is 14.8. The molecule has 0 spiro atoms. The molecule has 1 fully saturated rings. The van der Waals surface area contributed by atoms with E-state index in [0.29, 0.717) is 6.54 Å². The van der Waals surface area contributed by atoms with Gasteiger partial charge in [0, 0.05) is 35.9 Å². The van der Waals surface area contributed by atoms with Gasteiger partial charge in [0.1, 0.15) is 5.82 Å². The molecule has 1 atom stereocenters. The van der Waals surface area contributed by atoms with Crippen LogP contribution in [0, 0.1) is 11.8 Å². The number of hydrogen-bond donors (Lipinski definition) is 1. The highest BCUT2D eigenvalue weighted by Crippen LogP contribution is 2.28. The lowest BCUT2D eigenvalue weighted by Crippen LogP contribution is -2.27. The van der Waals surface area contributed by atoms with E-state index in [1.165, 1.54) is 19.3 Å². The molecule has 19 heavy (non-hydrogen) atoms. The molecule has 1 aliphatic rings. The minimum atomic E-state index is 0.548. The lowest BCUT2D eigenvalue weighted by atomic mass is 9.89. The topological polar surface area (TPSA) is 42.2 Å². The zero-order valence-electron chi connectivity index (χ0n) is 11.9. The van der Waals surface area contributed by atoms with Crippen LogP contribution in [-0.4, -0.2) is 18.1 Å². The van der Waals surface area contributed by atoms with Crippen LogP contribution >= 0.6 is 15.9 Å². The largest absolute Gasteiger partial charge is 0.356 e. The summed E-state index contributed by atoms with van der Waals surface area (Å²) in [7, 11) is 0. The van der Waals surface area contributed by atoms with Crippen LogP contribution in [0.2, 0.25) is 0 Å². The summed E-state index contributed by atoms with van der Waals surface area (Å²) < 4.78 is 1.01. The summed E-state index contributed by atoms with van der Waals surface area (Å²) in [4.78, 5) is 7.00. The van der Waals surface area contributed by atoms with E-state index in [9.17, 15) is 0 Å². The third-order valence-electron chi connectivity index (χ3n) is 4.14. The van der Waals surface area contributed by atoms with Crippen LogP contribution < -0.4 is 10.6 Å². The maximum Gasteiger partial charge on any atom is 0.133 e. The Hall–Kier alpha value is -0.610. The standard InChI is InChI=1S/C15H24BrN3/c1-11(2)12-4-3-6-19(7-5-12)15-13(9-17)8-14(16)10-18-15/h8,10-12H,3-7,9,17H2,1-2H3. The second-order valence-corrected chi connectivity index (χ2v) is 6.68. The molecule has 1 saturated heterocycles. The molecule has 1 aromatic rings. The van der Waals surface area contributed by atoms with Gasteiger partial charge in [-0.25, -0.2) is 4.98 Å². The number of nitrogens with two attached hydrogens (primary N) is 1. The molecule has 2 rings (SSSR count). The molecule has 4 heteroatoms. The normalized spacial score (nSPS) is 20.7. The van der Waals surface area contributed by atoms with Crippen molar-refractivity contribution in [2.75, 3.05) is 18.0 Å². The Bertz CT molecular complexity index is 420. The van der Waals surface area contributed by atoms with Crippen molar-refractivity contribution in [3.05, 3.63) is 22.3 Å². The minimum absolute atomic E-state index is 0.548. The Morgan fingerprint density at radius 1 is 1.42 bits per heavy atom.